The molecule has 0 saturated heterocycles. The highest BCUT2D eigenvalue weighted by molar-refractivity contribution is 6.34. The average molecular weight is 316 g/mol. The van der Waals surface area contributed by atoms with E-state index in [1.54, 1.807) is 10.8 Å². The molecule has 0 unspecified atom stereocenters. The first-order valence-corrected chi connectivity index (χ1v) is 7.09. The van der Waals surface area contributed by atoms with Gasteiger partial charge in [-0.3, -0.25) is 9.56 Å². The van der Waals surface area contributed by atoms with Crippen molar-refractivity contribution in [2.45, 2.75) is 0 Å². The van der Waals surface area contributed by atoms with E-state index < -0.39 is 0 Å². The topological polar surface area (TPSA) is 30.2 Å². The Bertz CT molecular complexity index is 765. The van der Waals surface area contributed by atoms with E-state index in [0.717, 1.165) is 11.4 Å². The fourth-order valence-electron chi connectivity index (χ4n) is 1.96. The van der Waals surface area contributed by atoms with Crippen LogP contribution < -0.4 is 0 Å². The van der Waals surface area contributed by atoms with Crippen LogP contribution in [-0.4, -0.2) is 15.8 Å². The number of hydrogen-bond donors (Lipinski definition) is 0. The third kappa shape index (κ3) is 2.99. The third-order valence-electron chi connectivity index (χ3n) is 2.93. The molecule has 0 saturated carbocycles. The summed E-state index contributed by atoms with van der Waals surface area (Å²) in [6.45, 7) is 0. The summed E-state index contributed by atoms with van der Waals surface area (Å²) in [5.41, 5.74) is 2.37. The molecule has 1 heterocycles. The Morgan fingerprint density at radius 1 is 0.905 bits per heavy atom. The zero-order chi connectivity index (χ0) is 14.7. The number of aromatic nitrogens is 2. The van der Waals surface area contributed by atoms with Crippen LogP contribution in [0.25, 0.3) is 5.69 Å². The number of rotatable bonds is 3. The molecule has 3 rings (SSSR count). The minimum absolute atomic E-state index is 0.306. The van der Waals surface area contributed by atoms with E-state index in [1.165, 1.54) is 0 Å². The molecule has 0 aliphatic rings. The first-order chi connectivity index (χ1) is 10.3. The molecule has 0 bridgehead atoms. The van der Waals surface area contributed by atoms with E-state index in [2.05, 4.69) is 9.98 Å². The number of halogens is 2. The Morgan fingerprint density at radius 3 is 2.19 bits per heavy atom. The van der Waals surface area contributed by atoms with Crippen molar-refractivity contribution in [1.29, 1.82) is 0 Å². The molecule has 3 nitrogen and oxygen atoms in total. The van der Waals surface area contributed by atoms with Gasteiger partial charge in [0, 0.05) is 5.69 Å². The van der Waals surface area contributed by atoms with E-state index in [4.69, 9.17) is 23.2 Å². The lowest BCUT2D eigenvalue weighted by Gasteiger charge is -2.06. The summed E-state index contributed by atoms with van der Waals surface area (Å²) < 4.78 is 1.76. The molecule has 0 amide bonds. The number of benzene rings is 2. The molecule has 0 aliphatic heterocycles. The zero-order valence-electron chi connectivity index (χ0n) is 10.9. The second-order valence-electron chi connectivity index (χ2n) is 4.32. The predicted molar refractivity (Wildman–Crippen MR) is 87.3 cm³/mol. The highest BCUT2D eigenvalue weighted by Crippen LogP contribution is 2.24. The molecule has 0 aliphatic carbocycles. The minimum atomic E-state index is 0.306. The van der Waals surface area contributed by atoms with Crippen LogP contribution in [0.3, 0.4) is 0 Å². The molecule has 1 aromatic heterocycles. The maximum absolute atomic E-state index is 6.17. The second-order valence-corrected chi connectivity index (χ2v) is 5.02. The highest BCUT2D eigenvalue weighted by atomic mass is 35.5. The van der Waals surface area contributed by atoms with Crippen molar-refractivity contribution < 1.29 is 0 Å². The van der Waals surface area contributed by atoms with E-state index in [9.17, 15) is 0 Å². The van der Waals surface area contributed by atoms with Crippen molar-refractivity contribution in [1.82, 2.24) is 9.55 Å². The standard InChI is InChI=1S/C16H11Cl2N3/c17-15-14(11-19-12-7-3-1-4-8-12)21(16(18)20-15)13-9-5-2-6-10-13/h1-11H. The second kappa shape index (κ2) is 6.12. The number of aliphatic imine (C=N–C) groups is 1. The lowest BCUT2D eigenvalue weighted by molar-refractivity contribution is 1.05. The van der Waals surface area contributed by atoms with Crippen LogP contribution in [0.4, 0.5) is 5.69 Å². The SMILES string of the molecule is Clc1nc(Cl)n(-c2ccccc2)c1C=Nc1ccccc1. The molecule has 0 fully saturated rings. The molecule has 0 N–H and O–H groups in total. The molecular formula is C16H11Cl2N3. The van der Waals surface area contributed by atoms with Crippen molar-refractivity contribution >= 4 is 35.1 Å². The van der Waals surface area contributed by atoms with Crippen LogP contribution in [0, 0.1) is 0 Å². The maximum atomic E-state index is 6.17. The van der Waals surface area contributed by atoms with Crippen molar-refractivity contribution in [2.75, 3.05) is 0 Å². The first-order valence-electron chi connectivity index (χ1n) is 6.34. The van der Waals surface area contributed by atoms with Crippen LogP contribution in [0.2, 0.25) is 10.4 Å². The van der Waals surface area contributed by atoms with Gasteiger partial charge >= 0.3 is 0 Å². The average Bonchev–Trinajstić information content (AvgIpc) is 2.81. The van der Waals surface area contributed by atoms with E-state index in [0.29, 0.717) is 16.1 Å². The summed E-state index contributed by atoms with van der Waals surface area (Å²) in [5, 5.41) is 0.629. The quantitative estimate of drug-likeness (QED) is 0.630. The molecular weight excluding hydrogens is 305 g/mol. The van der Waals surface area contributed by atoms with Gasteiger partial charge in [-0.05, 0) is 35.9 Å². The number of nitrogens with zero attached hydrogens (tertiary/aromatic N) is 3. The summed E-state index contributed by atoms with van der Waals surface area (Å²) in [6.07, 6.45) is 1.67. The normalized spacial score (nSPS) is 11.1. The van der Waals surface area contributed by atoms with Crippen LogP contribution in [0.15, 0.2) is 65.7 Å². The van der Waals surface area contributed by atoms with Gasteiger partial charge in [-0.1, -0.05) is 48.0 Å². The Morgan fingerprint density at radius 2 is 1.52 bits per heavy atom. The van der Waals surface area contributed by atoms with E-state index in [1.807, 2.05) is 60.7 Å². The number of imidazole rings is 1. The minimum Gasteiger partial charge on any atom is -0.281 e. The number of para-hydroxylation sites is 2. The predicted octanol–water partition coefficient (Wildman–Crippen LogP) is 4.93. The monoisotopic (exact) mass is 315 g/mol. The fraction of sp³-hybridized carbons (Fsp3) is 0. The van der Waals surface area contributed by atoms with Crippen molar-refractivity contribution in [3.63, 3.8) is 0 Å². The van der Waals surface area contributed by atoms with Gasteiger partial charge < -0.3 is 0 Å². The lowest BCUT2D eigenvalue weighted by Crippen LogP contribution is -1.99. The molecule has 0 atom stereocenters. The Labute approximate surface area is 132 Å². The van der Waals surface area contributed by atoms with Crippen molar-refractivity contribution in [3.05, 3.63) is 76.8 Å². The summed E-state index contributed by atoms with van der Waals surface area (Å²) in [7, 11) is 0. The van der Waals surface area contributed by atoms with Crippen LogP contribution in [0.1, 0.15) is 5.69 Å². The van der Waals surface area contributed by atoms with Gasteiger partial charge in [0.25, 0.3) is 0 Å². The summed E-state index contributed by atoms with van der Waals surface area (Å²) >= 11 is 12.3. The van der Waals surface area contributed by atoms with Crippen LogP contribution in [0.5, 0.6) is 0 Å². The molecule has 21 heavy (non-hydrogen) atoms. The fourth-order valence-corrected chi connectivity index (χ4v) is 2.49. The van der Waals surface area contributed by atoms with Gasteiger partial charge in [0.15, 0.2) is 5.15 Å². The van der Waals surface area contributed by atoms with E-state index >= 15 is 0 Å². The Balaban J connectivity index is 2.05. The number of hydrogen-bond acceptors (Lipinski definition) is 2. The van der Waals surface area contributed by atoms with Crippen LogP contribution >= 0.6 is 23.2 Å². The third-order valence-corrected chi connectivity index (χ3v) is 3.47. The molecule has 104 valence electrons. The lowest BCUT2D eigenvalue weighted by atomic mass is 10.3. The Hall–Kier alpha value is -2.10. The van der Waals surface area contributed by atoms with Crippen LogP contribution in [-0.2, 0) is 0 Å². The molecule has 0 spiro atoms. The first kappa shape index (κ1) is 13.9. The van der Waals surface area contributed by atoms with Gasteiger partial charge in [-0.15, -0.1) is 0 Å². The molecule has 0 radical (unpaired) electrons. The summed E-state index contributed by atoms with van der Waals surface area (Å²) in [5.74, 6) is 0. The highest BCUT2D eigenvalue weighted by Gasteiger charge is 2.14. The summed E-state index contributed by atoms with van der Waals surface area (Å²) in [4.78, 5) is 8.51. The van der Waals surface area contributed by atoms with Gasteiger partial charge in [0.05, 0.1) is 11.9 Å². The molecule has 5 heteroatoms. The van der Waals surface area contributed by atoms with Gasteiger partial charge in [-0.25, -0.2) is 4.98 Å². The van der Waals surface area contributed by atoms with E-state index in [-0.39, 0.29) is 0 Å². The smallest absolute Gasteiger partial charge is 0.209 e. The maximum Gasteiger partial charge on any atom is 0.209 e. The summed E-state index contributed by atoms with van der Waals surface area (Å²) in [6, 6.07) is 19.3. The largest absolute Gasteiger partial charge is 0.281 e. The zero-order valence-corrected chi connectivity index (χ0v) is 12.5. The van der Waals surface area contributed by atoms with Gasteiger partial charge in [0.2, 0.25) is 5.28 Å². The van der Waals surface area contributed by atoms with Gasteiger partial charge in [-0.2, -0.15) is 0 Å². The molecule has 3 aromatic rings. The van der Waals surface area contributed by atoms with Crippen molar-refractivity contribution in [2.24, 2.45) is 4.99 Å². The Kier molecular flexibility index (Phi) is 4.04. The van der Waals surface area contributed by atoms with Gasteiger partial charge in [0.1, 0.15) is 5.69 Å². The molecule has 2 aromatic carbocycles. The van der Waals surface area contributed by atoms with Crippen molar-refractivity contribution in [3.8, 4) is 5.69 Å².